The Hall–Kier alpha value is -1.16. The van der Waals surface area contributed by atoms with Crippen molar-refractivity contribution in [2.75, 3.05) is 0 Å². The Morgan fingerprint density at radius 3 is 2.33 bits per heavy atom. The fourth-order valence-corrected chi connectivity index (χ4v) is 3.67. The molecule has 2 rings (SSSR count). The summed E-state index contributed by atoms with van der Waals surface area (Å²) >= 11 is 11.9. The molecule has 0 aromatic heterocycles. The summed E-state index contributed by atoms with van der Waals surface area (Å²) in [6.07, 6.45) is 0. The van der Waals surface area contributed by atoms with Crippen molar-refractivity contribution in [1.29, 1.82) is 0 Å². The zero-order valence-corrected chi connectivity index (χ0v) is 13.9. The van der Waals surface area contributed by atoms with Crippen molar-refractivity contribution >= 4 is 39.8 Å². The van der Waals surface area contributed by atoms with Crippen LogP contribution in [0.25, 0.3) is 0 Å². The fourth-order valence-electron chi connectivity index (χ4n) is 1.87. The average Bonchev–Trinajstić information content (AvgIpc) is 2.48. The molecule has 0 bridgehead atoms. The van der Waals surface area contributed by atoms with Crippen LogP contribution in [0.4, 0.5) is 0 Å². The first-order valence-corrected chi connectivity index (χ1v) is 8.33. The minimum absolute atomic E-state index is 0.177. The monoisotopic (exact) mass is 340 g/mol. The predicted octanol–water partition coefficient (Wildman–Crippen LogP) is 4.68. The fraction of sp³-hybridized carbons (Fsp3) is 0.188. The minimum atomic E-state index is -1.55. The lowest BCUT2D eigenvalue weighted by atomic mass is 10.1. The molecule has 0 radical (unpaired) electrons. The Labute approximate surface area is 136 Å². The summed E-state index contributed by atoms with van der Waals surface area (Å²) in [5, 5.41) is 0.0997. The zero-order valence-electron chi connectivity index (χ0n) is 11.6. The lowest BCUT2D eigenvalue weighted by Gasteiger charge is -2.12. The second kappa shape index (κ2) is 6.73. The highest BCUT2D eigenvalue weighted by atomic mass is 35.5. The van der Waals surface area contributed by atoms with Crippen LogP contribution in [-0.2, 0) is 10.8 Å². The van der Waals surface area contributed by atoms with E-state index in [-0.39, 0.29) is 5.78 Å². The standard InChI is InChI=1S/C16H14Cl2O2S/c1-10-3-5-12(6-4-10)16(19)11(2)21(20)15-9-13(17)7-8-14(15)18/h3-9,11H,1-2H3. The normalized spacial score (nSPS) is 13.7. The van der Waals surface area contributed by atoms with Crippen LogP contribution in [0.3, 0.4) is 0 Å². The van der Waals surface area contributed by atoms with Gasteiger partial charge in [-0.3, -0.25) is 9.00 Å². The molecule has 2 aromatic carbocycles. The summed E-state index contributed by atoms with van der Waals surface area (Å²) in [6.45, 7) is 3.58. The van der Waals surface area contributed by atoms with Gasteiger partial charge in [-0.25, -0.2) is 0 Å². The van der Waals surface area contributed by atoms with Gasteiger partial charge in [-0.2, -0.15) is 0 Å². The van der Waals surface area contributed by atoms with E-state index in [1.807, 2.05) is 19.1 Å². The molecule has 2 aromatic rings. The molecular weight excluding hydrogens is 327 g/mol. The molecule has 0 fully saturated rings. The number of aryl methyl sites for hydroxylation is 1. The van der Waals surface area contributed by atoms with Crippen LogP contribution >= 0.6 is 23.2 Å². The quantitative estimate of drug-likeness (QED) is 0.757. The minimum Gasteiger partial charge on any atom is -0.293 e. The number of benzene rings is 2. The van der Waals surface area contributed by atoms with Gasteiger partial charge in [0.2, 0.25) is 0 Å². The van der Waals surface area contributed by atoms with Crippen molar-refractivity contribution in [3.05, 3.63) is 63.6 Å². The van der Waals surface area contributed by atoms with Gasteiger partial charge in [0.25, 0.3) is 0 Å². The van der Waals surface area contributed by atoms with E-state index >= 15 is 0 Å². The highest BCUT2D eigenvalue weighted by molar-refractivity contribution is 7.86. The highest BCUT2D eigenvalue weighted by Crippen LogP contribution is 2.26. The van der Waals surface area contributed by atoms with E-state index in [0.717, 1.165) is 5.56 Å². The summed E-state index contributed by atoms with van der Waals surface area (Å²) in [4.78, 5) is 12.8. The summed E-state index contributed by atoms with van der Waals surface area (Å²) in [6, 6.07) is 11.9. The molecule has 0 saturated carbocycles. The van der Waals surface area contributed by atoms with Crippen LogP contribution in [0, 0.1) is 6.92 Å². The van der Waals surface area contributed by atoms with Crippen molar-refractivity contribution in [1.82, 2.24) is 0 Å². The van der Waals surface area contributed by atoms with E-state index < -0.39 is 16.0 Å². The maximum Gasteiger partial charge on any atom is 0.178 e. The molecule has 21 heavy (non-hydrogen) atoms. The molecule has 0 aliphatic rings. The van der Waals surface area contributed by atoms with Gasteiger partial charge in [-0.15, -0.1) is 0 Å². The average molecular weight is 341 g/mol. The van der Waals surface area contributed by atoms with Crippen LogP contribution in [0.1, 0.15) is 22.8 Å². The van der Waals surface area contributed by atoms with Gasteiger partial charge >= 0.3 is 0 Å². The molecular formula is C16H14Cl2O2S. The SMILES string of the molecule is Cc1ccc(C(=O)C(C)S(=O)c2cc(Cl)ccc2Cl)cc1. The third-order valence-corrected chi connectivity index (χ3v) is 5.44. The number of carbonyl (C=O) groups excluding carboxylic acids is 1. The molecule has 0 saturated heterocycles. The zero-order chi connectivity index (χ0) is 15.6. The molecule has 0 amide bonds. The predicted molar refractivity (Wildman–Crippen MR) is 87.8 cm³/mol. The van der Waals surface area contributed by atoms with Gasteiger partial charge in [-0.05, 0) is 32.0 Å². The van der Waals surface area contributed by atoms with Crippen molar-refractivity contribution < 1.29 is 9.00 Å². The molecule has 2 atom stereocenters. The van der Waals surface area contributed by atoms with E-state index in [2.05, 4.69) is 0 Å². The van der Waals surface area contributed by atoms with Crippen LogP contribution in [0.15, 0.2) is 47.4 Å². The van der Waals surface area contributed by atoms with Crippen LogP contribution < -0.4 is 0 Å². The third kappa shape index (κ3) is 3.73. The van der Waals surface area contributed by atoms with Crippen molar-refractivity contribution in [3.63, 3.8) is 0 Å². The summed E-state index contributed by atoms with van der Waals surface area (Å²) in [5.74, 6) is -0.177. The summed E-state index contributed by atoms with van der Waals surface area (Å²) < 4.78 is 12.5. The lowest BCUT2D eigenvalue weighted by Crippen LogP contribution is -2.23. The molecule has 0 aliphatic carbocycles. The van der Waals surface area contributed by atoms with Crippen LogP contribution in [0.5, 0.6) is 0 Å². The van der Waals surface area contributed by atoms with E-state index in [4.69, 9.17) is 23.2 Å². The molecule has 2 unspecified atom stereocenters. The van der Waals surface area contributed by atoms with E-state index in [0.29, 0.717) is 20.5 Å². The Morgan fingerprint density at radius 1 is 1.10 bits per heavy atom. The van der Waals surface area contributed by atoms with Crippen molar-refractivity contribution in [2.24, 2.45) is 0 Å². The largest absolute Gasteiger partial charge is 0.293 e. The Balaban J connectivity index is 2.28. The van der Waals surface area contributed by atoms with Gasteiger partial charge in [0.15, 0.2) is 5.78 Å². The highest BCUT2D eigenvalue weighted by Gasteiger charge is 2.24. The molecule has 0 aliphatic heterocycles. The second-order valence-electron chi connectivity index (χ2n) is 4.74. The van der Waals surface area contributed by atoms with Gasteiger partial charge in [0.05, 0.1) is 26.0 Å². The van der Waals surface area contributed by atoms with Crippen molar-refractivity contribution in [3.8, 4) is 0 Å². The Kier molecular flexibility index (Phi) is 5.20. The number of halogens is 2. The molecule has 110 valence electrons. The Morgan fingerprint density at radius 2 is 1.71 bits per heavy atom. The maximum absolute atomic E-state index is 12.5. The first-order chi connectivity index (χ1) is 9.90. The molecule has 0 spiro atoms. The lowest BCUT2D eigenvalue weighted by molar-refractivity contribution is 0.0992. The van der Waals surface area contributed by atoms with Crippen LogP contribution in [0.2, 0.25) is 10.0 Å². The summed E-state index contributed by atoms with van der Waals surface area (Å²) in [7, 11) is -1.55. The third-order valence-electron chi connectivity index (χ3n) is 3.14. The number of hydrogen-bond donors (Lipinski definition) is 0. The summed E-state index contributed by atoms with van der Waals surface area (Å²) in [5.41, 5.74) is 1.61. The topological polar surface area (TPSA) is 34.1 Å². The van der Waals surface area contributed by atoms with Gasteiger partial charge in [0, 0.05) is 10.6 Å². The van der Waals surface area contributed by atoms with E-state index in [9.17, 15) is 9.00 Å². The number of ketones is 1. The van der Waals surface area contributed by atoms with Crippen LogP contribution in [-0.4, -0.2) is 15.2 Å². The molecule has 0 N–H and O–H groups in total. The van der Waals surface area contributed by atoms with E-state index in [1.54, 1.807) is 37.3 Å². The molecule has 5 heteroatoms. The van der Waals surface area contributed by atoms with Gasteiger partial charge in [-0.1, -0.05) is 53.0 Å². The number of rotatable bonds is 4. The first-order valence-electron chi connectivity index (χ1n) is 6.36. The van der Waals surface area contributed by atoms with Crippen molar-refractivity contribution in [2.45, 2.75) is 24.0 Å². The van der Waals surface area contributed by atoms with Gasteiger partial charge in [0.1, 0.15) is 0 Å². The molecule has 0 heterocycles. The van der Waals surface area contributed by atoms with E-state index in [1.165, 1.54) is 0 Å². The Bertz CT molecular complexity index is 696. The smallest absolute Gasteiger partial charge is 0.178 e. The number of Topliss-reactive ketones (excluding diaryl/α,β-unsaturated/α-hetero) is 1. The number of carbonyl (C=O) groups is 1. The maximum atomic E-state index is 12.5. The second-order valence-corrected chi connectivity index (χ2v) is 7.33. The molecule has 2 nitrogen and oxygen atoms in total. The first kappa shape index (κ1) is 16.2. The number of hydrogen-bond acceptors (Lipinski definition) is 2. The van der Waals surface area contributed by atoms with Gasteiger partial charge < -0.3 is 0 Å².